The summed E-state index contributed by atoms with van der Waals surface area (Å²) in [6, 6.07) is 4.40. The molecule has 2 fully saturated rings. The van der Waals surface area contributed by atoms with Crippen molar-refractivity contribution in [1.29, 1.82) is 0 Å². The molecule has 0 amide bonds. The highest BCUT2D eigenvalue weighted by atomic mass is 16.6. The molecule has 0 aromatic heterocycles. The first-order valence-corrected chi connectivity index (χ1v) is 9.64. The van der Waals surface area contributed by atoms with Gasteiger partial charge in [-0.05, 0) is 81.4 Å². The molecule has 2 spiro atoms. The van der Waals surface area contributed by atoms with E-state index in [2.05, 4.69) is 39.0 Å². The van der Waals surface area contributed by atoms with E-state index in [4.69, 9.17) is 14.2 Å². The van der Waals surface area contributed by atoms with Crippen molar-refractivity contribution < 1.29 is 14.2 Å². The van der Waals surface area contributed by atoms with Crippen molar-refractivity contribution in [2.45, 2.75) is 63.6 Å². The van der Waals surface area contributed by atoms with Crippen LogP contribution in [-0.2, 0) is 16.6 Å². The van der Waals surface area contributed by atoms with Gasteiger partial charge in [0.2, 0.25) is 0 Å². The van der Waals surface area contributed by atoms with Crippen LogP contribution in [0.1, 0.15) is 51.2 Å². The quantitative estimate of drug-likeness (QED) is 0.801. The lowest BCUT2D eigenvalue weighted by Crippen LogP contribution is -2.49. The summed E-state index contributed by atoms with van der Waals surface area (Å²) in [5, 5.41) is 0. The van der Waals surface area contributed by atoms with E-state index in [0.717, 1.165) is 29.6 Å². The highest BCUT2D eigenvalue weighted by molar-refractivity contribution is 5.64. The van der Waals surface area contributed by atoms with Gasteiger partial charge in [-0.2, -0.15) is 0 Å². The van der Waals surface area contributed by atoms with Crippen LogP contribution in [0, 0.1) is 17.3 Å². The van der Waals surface area contributed by atoms with Gasteiger partial charge in [-0.3, -0.25) is 0 Å². The molecule has 2 saturated carbocycles. The fourth-order valence-electron chi connectivity index (χ4n) is 6.81. The molecule has 3 heteroatoms. The van der Waals surface area contributed by atoms with Crippen LogP contribution >= 0.6 is 0 Å². The van der Waals surface area contributed by atoms with E-state index in [1.807, 2.05) is 0 Å². The van der Waals surface area contributed by atoms with Crippen LogP contribution in [0.4, 0.5) is 0 Å². The first-order chi connectivity index (χ1) is 11.9. The third-order valence-corrected chi connectivity index (χ3v) is 7.44. The van der Waals surface area contributed by atoms with Crippen molar-refractivity contribution in [3.63, 3.8) is 0 Å². The molecule has 1 aromatic rings. The summed E-state index contributed by atoms with van der Waals surface area (Å²) in [6.45, 7) is 6.38. The average molecular weight is 338 g/mol. The van der Waals surface area contributed by atoms with E-state index < -0.39 is 0 Å². The largest absolute Gasteiger partial charge is 0.493 e. The second kappa shape index (κ2) is 4.02. The highest BCUT2D eigenvalue weighted by Gasteiger charge is 2.78. The van der Waals surface area contributed by atoms with E-state index in [1.54, 1.807) is 7.11 Å². The Morgan fingerprint density at radius 3 is 2.80 bits per heavy atom. The standard InChI is InChI=1S/C22H26O3/c1-20(2,3)25-16-8-6-13-14-10-21(14)9-12-5-7-15(23-4)18-17(12)22(13,11-21)19(16)24-18/h5,7-8,13-14,19H,6,9-11H2,1-4H3/t13-,14-,19-,21+,22-/m0/s1. The van der Waals surface area contributed by atoms with Gasteiger partial charge < -0.3 is 14.2 Å². The van der Waals surface area contributed by atoms with Crippen LogP contribution < -0.4 is 9.47 Å². The summed E-state index contributed by atoms with van der Waals surface area (Å²) in [4.78, 5) is 0. The molecular weight excluding hydrogens is 312 g/mol. The molecule has 2 bridgehead atoms. The van der Waals surface area contributed by atoms with Crippen molar-refractivity contribution in [2.75, 3.05) is 7.11 Å². The first kappa shape index (κ1) is 14.5. The van der Waals surface area contributed by atoms with Crippen molar-refractivity contribution in [3.8, 4) is 11.5 Å². The molecule has 0 saturated heterocycles. The summed E-state index contributed by atoms with van der Waals surface area (Å²) in [6.07, 6.45) is 7.41. The summed E-state index contributed by atoms with van der Waals surface area (Å²) in [5.74, 6) is 4.51. The summed E-state index contributed by atoms with van der Waals surface area (Å²) < 4.78 is 18.7. The van der Waals surface area contributed by atoms with Crippen LogP contribution in [0.15, 0.2) is 24.0 Å². The second-order valence-corrected chi connectivity index (χ2v) is 9.86. The number of allylic oxidation sites excluding steroid dienone is 1. The molecular formula is C22H26O3. The van der Waals surface area contributed by atoms with Crippen LogP contribution in [-0.4, -0.2) is 18.8 Å². The second-order valence-electron chi connectivity index (χ2n) is 9.86. The molecule has 6 rings (SSSR count). The van der Waals surface area contributed by atoms with Crippen LogP contribution in [0.3, 0.4) is 0 Å². The highest BCUT2D eigenvalue weighted by Crippen LogP contribution is 2.81. The Labute approximate surface area is 149 Å². The fraction of sp³-hybridized carbons (Fsp3) is 0.636. The van der Waals surface area contributed by atoms with Crippen molar-refractivity contribution in [3.05, 3.63) is 35.1 Å². The van der Waals surface area contributed by atoms with Crippen LogP contribution in [0.5, 0.6) is 11.5 Å². The van der Waals surface area contributed by atoms with Crippen LogP contribution in [0.2, 0.25) is 0 Å². The van der Waals surface area contributed by atoms with E-state index in [0.29, 0.717) is 11.3 Å². The van der Waals surface area contributed by atoms with Crippen molar-refractivity contribution in [2.24, 2.45) is 17.3 Å². The molecule has 132 valence electrons. The molecule has 0 radical (unpaired) electrons. The fourth-order valence-corrected chi connectivity index (χ4v) is 6.81. The Hall–Kier alpha value is -1.64. The SMILES string of the molecule is COc1ccc2c3c1O[C@H]1C(OC(C)(C)C)=CC[C@H]4[C@@H]5C[C@]5(C2)C[C@]314. The van der Waals surface area contributed by atoms with Gasteiger partial charge in [0.25, 0.3) is 0 Å². The van der Waals surface area contributed by atoms with Gasteiger partial charge in [0.1, 0.15) is 11.4 Å². The maximum absolute atomic E-state index is 6.65. The van der Waals surface area contributed by atoms with Gasteiger partial charge in [-0.15, -0.1) is 0 Å². The zero-order valence-electron chi connectivity index (χ0n) is 15.5. The Kier molecular flexibility index (Phi) is 2.34. The zero-order chi connectivity index (χ0) is 17.2. The number of benzene rings is 1. The van der Waals surface area contributed by atoms with E-state index in [1.165, 1.54) is 30.4 Å². The Morgan fingerprint density at radius 2 is 2.04 bits per heavy atom. The summed E-state index contributed by atoms with van der Waals surface area (Å²) in [7, 11) is 1.75. The number of ether oxygens (including phenoxy) is 3. The minimum absolute atomic E-state index is 0.0282. The van der Waals surface area contributed by atoms with E-state index in [-0.39, 0.29) is 17.1 Å². The van der Waals surface area contributed by atoms with Gasteiger partial charge in [-0.1, -0.05) is 6.07 Å². The van der Waals surface area contributed by atoms with E-state index in [9.17, 15) is 0 Å². The monoisotopic (exact) mass is 338 g/mol. The Balaban J connectivity index is 1.57. The molecule has 1 heterocycles. The maximum Gasteiger partial charge on any atom is 0.166 e. The number of methoxy groups -OCH3 is 1. The zero-order valence-corrected chi connectivity index (χ0v) is 15.5. The molecule has 25 heavy (non-hydrogen) atoms. The molecule has 1 aliphatic heterocycles. The first-order valence-electron chi connectivity index (χ1n) is 9.64. The third-order valence-electron chi connectivity index (χ3n) is 7.44. The van der Waals surface area contributed by atoms with Crippen molar-refractivity contribution >= 4 is 0 Å². The molecule has 0 unspecified atom stereocenters. The number of hydrogen-bond donors (Lipinski definition) is 0. The maximum atomic E-state index is 6.65. The predicted molar refractivity (Wildman–Crippen MR) is 95.0 cm³/mol. The average Bonchev–Trinajstić information content (AvgIpc) is 2.99. The number of rotatable bonds is 2. The summed E-state index contributed by atoms with van der Waals surface area (Å²) in [5.41, 5.74) is 3.43. The molecule has 3 nitrogen and oxygen atoms in total. The number of hydrogen-bond acceptors (Lipinski definition) is 3. The van der Waals surface area contributed by atoms with Crippen LogP contribution in [0.25, 0.3) is 0 Å². The Morgan fingerprint density at radius 1 is 1.20 bits per heavy atom. The lowest BCUT2D eigenvalue weighted by Gasteiger charge is -2.45. The van der Waals surface area contributed by atoms with Gasteiger partial charge in [0.15, 0.2) is 17.6 Å². The smallest absolute Gasteiger partial charge is 0.166 e. The lowest BCUT2D eigenvalue weighted by molar-refractivity contribution is -0.0163. The summed E-state index contributed by atoms with van der Waals surface area (Å²) >= 11 is 0. The van der Waals surface area contributed by atoms with Gasteiger partial charge in [0.05, 0.1) is 7.11 Å². The minimum atomic E-state index is -0.200. The Bertz CT molecular complexity index is 832. The van der Waals surface area contributed by atoms with E-state index >= 15 is 0 Å². The molecule has 0 N–H and O–H groups in total. The number of fused-ring (bicyclic) bond motifs is 1. The molecule has 5 aliphatic rings. The molecule has 4 aliphatic carbocycles. The predicted octanol–water partition coefficient (Wildman–Crippen LogP) is 4.38. The van der Waals surface area contributed by atoms with Gasteiger partial charge in [0, 0.05) is 11.0 Å². The third kappa shape index (κ3) is 1.55. The minimum Gasteiger partial charge on any atom is -0.493 e. The van der Waals surface area contributed by atoms with Gasteiger partial charge >= 0.3 is 0 Å². The molecule has 1 aromatic carbocycles. The van der Waals surface area contributed by atoms with Gasteiger partial charge in [-0.25, -0.2) is 0 Å². The molecule has 5 atom stereocenters. The van der Waals surface area contributed by atoms with Crippen molar-refractivity contribution in [1.82, 2.24) is 0 Å². The normalized spacial score (nSPS) is 41.4. The topological polar surface area (TPSA) is 27.7 Å². The lowest BCUT2D eigenvalue weighted by atomic mass is 9.59.